The molecule has 2 aliphatic rings. The topological polar surface area (TPSA) is 56.6 Å². The van der Waals surface area contributed by atoms with Crippen LogP contribution in [-0.2, 0) is 0 Å². The average Bonchev–Trinajstić information content (AvgIpc) is 3.39. The van der Waals surface area contributed by atoms with Gasteiger partial charge in [0.2, 0.25) is 0 Å². The predicted octanol–water partition coefficient (Wildman–Crippen LogP) is 7.30. The summed E-state index contributed by atoms with van der Waals surface area (Å²) in [5.74, 6) is 0. The number of hydrazone groups is 1. The third-order valence-electron chi connectivity index (χ3n) is 6.70. The van der Waals surface area contributed by atoms with Crippen LogP contribution in [0.4, 0.5) is 5.69 Å². The zero-order valence-electron chi connectivity index (χ0n) is 19.2. The fourth-order valence-electron chi connectivity index (χ4n) is 4.92. The quantitative estimate of drug-likeness (QED) is 0.269. The molecule has 0 radical (unpaired) electrons. The second-order valence-electron chi connectivity index (χ2n) is 8.96. The van der Waals surface area contributed by atoms with Crippen LogP contribution in [0.3, 0.4) is 0 Å². The predicted molar refractivity (Wildman–Crippen MR) is 148 cm³/mol. The Hall–Kier alpha value is -3.57. The Morgan fingerprint density at radius 2 is 1.42 bits per heavy atom. The molecule has 3 N–H and O–H groups in total. The number of aliphatic hydroxyl groups excluding tert-OH is 1. The average molecular weight is 512 g/mol. The molecule has 0 saturated heterocycles. The lowest BCUT2D eigenvalue weighted by Gasteiger charge is -2.29. The lowest BCUT2D eigenvalue weighted by atomic mass is 9.84. The van der Waals surface area contributed by atoms with Crippen LogP contribution in [-0.4, -0.2) is 17.0 Å². The van der Waals surface area contributed by atoms with Gasteiger partial charge in [0.25, 0.3) is 0 Å². The summed E-state index contributed by atoms with van der Waals surface area (Å²) in [7, 11) is 0. The van der Waals surface area contributed by atoms with Gasteiger partial charge in [-0.3, -0.25) is 0 Å². The van der Waals surface area contributed by atoms with Crippen LogP contribution < -0.4 is 10.7 Å². The van der Waals surface area contributed by atoms with Crippen LogP contribution in [0.1, 0.15) is 29.2 Å². The third-order valence-corrected chi connectivity index (χ3v) is 7.19. The van der Waals surface area contributed by atoms with Crippen molar-refractivity contribution < 1.29 is 5.11 Å². The molecule has 0 aromatic heterocycles. The van der Waals surface area contributed by atoms with E-state index < -0.39 is 6.23 Å². The summed E-state index contributed by atoms with van der Waals surface area (Å²) in [5.41, 5.74) is 12.0. The van der Waals surface area contributed by atoms with Crippen LogP contribution >= 0.6 is 23.2 Å². The zero-order chi connectivity index (χ0) is 24.6. The van der Waals surface area contributed by atoms with Crippen molar-refractivity contribution in [3.63, 3.8) is 0 Å². The van der Waals surface area contributed by atoms with Gasteiger partial charge >= 0.3 is 0 Å². The number of nitrogens with one attached hydrogen (secondary N) is 2. The SMILES string of the molecule is OC1Nc2ccc(Cl)cc2C(c2ccccc2)=C1C1=NNC(c2ccc(-c3ccc(Cl)cc3)cc2)C1. The van der Waals surface area contributed by atoms with E-state index in [0.29, 0.717) is 11.4 Å². The van der Waals surface area contributed by atoms with E-state index in [-0.39, 0.29) is 6.04 Å². The van der Waals surface area contributed by atoms with Crippen LogP contribution in [0.2, 0.25) is 10.0 Å². The highest BCUT2D eigenvalue weighted by Gasteiger charge is 2.33. The molecule has 0 aliphatic carbocycles. The minimum atomic E-state index is -0.888. The van der Waals surface area contributed by atoms with Crippen molar-refractivity contribution in [1.29, 1.82) is 0 Å². The number of anilines is 1. The second kappa shape index (κ2) is 9.47. The molecule has 178 valence electrons. The van der Waals surface area contributed by atoms with Gasteiger partial charge in [-0.2, -0.15) is 5.10 Å². The zero-order valence-corrected chi connectivity index (χ0v) is 20.8. The number of hydrogen-bond acceptors (Lipinski definition) is 4. The number of halogens is 2. The third kappa shape index (κ3) is 4.28. The smallest absolute Gasteiger partial charge is 0.153 e. The normalized spacial score (nSPS) is 18.8. The van der Waals surface area contributed by atoms with Crippen molar-refractivity contribution in [3.8, 4) is 11.1 Å². The van der Waals surface area contributed by atoms with Gasteiger partial charge in [-0.05, 0) is 52.6 Å². The molecular formula is C30H23Cl2N3O. The monoisotopic (exact) mass is 511 g/mol. The first-order valence-corrected chi connectivity index (χ1v) is 12.5. The molecule has 4 aromatic rings. The highest BCUT2D eigenvalue weighted by atomic mass is 35.5. The summed E-state index contributed by atoms with van der Waals surface area (Å²) in [6.07, 6.45) is -0.235. The van der Waals surface area contributed by atoms with Crippen molar-refractivity contribution in [2.75, 3.05) is 5.32 Å². The molecule has 4 aromatic carbocycles. The van der Waals surface area contributed by atoms with E-state index in [0.717, 1.165) is 55.4 Å². The summed E-state index contributed by atoms with van der Waals surface area (Å²) >= 11 is 12.4. The number of rotatable bonds is 4. The number of nitrogens with zero attached hydrogens (tertiary/aromatic N) is 1. The maximum atomic E-state index is 11.2. The van der Waals surface area contributed by atoms with Crippen LogP contribution in [0.25, 0.3) is 16.7 Å². The Kier molecular flexibility index (Phi) is 6.02. The van der Waals surface area contributed by atoms with Crippen LogP contribution in [0.15, 0.2) is 108 Å². The first-order valence-electron chi connectivity index (χ1n) is 11.8. The minimum Gasteiger partial charge on any atom is -0.369 e. The largest absolute Gasteiger partial charge is 0.369 e. The highest BCUT2D eigenvalue weighted by Crippen LogP contribution is 2.41. The molecule has 36 heavy (non-hydrogen) atoms. The van der Waals surface area contributed by atoms with Gasteiger partial charge in [-0.15, -0.1) is 0 Å². The molecule has 0 saturated carbocycles. The van der Waals surface area contributed by atoms with Crippen molar-refractivity contribution in [3.05, 3.63) is 129 Å². The first kappa shape index (κ1) is 22.9. The van der Waals surface area contributed by atoms with Gasteiger partial charge in [0, 0.05) is 38.9 Å². The van der Waals surface area contributed by atoms with Gasteiger partial charge in [-0.1, -0.05) is 89.9 Å². The highest BCUT2D eigenvalue weighted by molar-refractivity contribution is 6.31. The molecule has 0 amide bonds. The van der Waals surface area contributed by atoms with E-state index in [1.807, 2.05) is 72.8 Å². The standard InChI is InChI=1S/C30H23Cl2N3O/c31-22-12-10-19(11-13-22)18-6-8-20(9-7-18)26-17-27(35-34-26)29-28(21-4-2-1-3-5-21)24-16-23(32)14-15-25(24)33-30(29)36/h1-16,26,30,33-34,36H,17H2. The molecular weight excluding hydrogens is 489 g/mol. The van der Waals surface area contributed by atoms with E-state index in [1.54, 1.807) is 0 Å². The van der Waals surface area contributed by atoms with E-state index in [9.17, 15) is 5.11 Å². The molecule has 0 fully saturated rings. The van der Waals surface area contributed by atoms with Crippen molar-refractivity contribution in [2.24, 2.45) is 5.10 Å². The second-order valence-corrected chi connectivity index (χ2v) is 9.84. The van der Waals surface area contributed by atoms with Crippen LogP contribution in [0, 0.1) is 0 Å². The number of aliphatic hydroxyl groups is 1. The Balaban J connectivity index is 1.33. The van der Waals surface area contributed by atoms with E-state index in [2.05, 4.69) is 35.0 Å². The molecule has 2 heterocycles. The molecule has 0 bridgehead atoms. The summed E-state index contributed by atoms with van der Waals surface area (Å²) < 4.78 is 0. The fraction of sp³-hybridized carbons (Fsp3) is 0.100. The van der Waals surface area contributed by atoms with E-state index >= 15 is 0 Å². The first-order chi connectivity index (χ1) is 17.6. The number of hydrogen-bond donors (Lipinski definition) is 3. The minimum absolute atomic E-state index is 0.0109. The molecule has 4 nitrogen and oxygen atoms in total. The van der Waals surface area contributed by atoms with E-state index in [1.165, 1.54) is 0 Å². The van der Waals surface area contributed by atoms with Gasteiger partial charge < -0.3 is 15.8 Å². The fourth-order valence-corrected chi connectivity index (χ4v) is 5.22. The Bertz CT molecular complexity index is 1480. The summed E-state index contributed by atoms with van der Waals surface area (Å²) in [5, 5.41) is 20.5. The van der Waals surface area contributed by atoms with Gasteiger partial charge in [0.1, 0.15) is 0 Å². The number of benzene rings is 4. The maximum Gasteiger partial charge on any atom is 0.153 e. The Morgan fingerprint density at radius 3 is 2.14 bits per heavy atom. The van der Waals surface area contributed by atoms with Crippen molar-refractivity contribution >= 4 is 40.2 Å². The van der Waals surface area contributed by atoms with Crippen LogP contribution in [0.5, 0.6) is 0 Å². The molecule has 2 unspecified atom stereocenters. The van der Waals surface area contributed by atoms with Crippen molar-refractivity contribution in [2.45, 2.75) is 18.7 Å². The lowest BCUT2D eigenvalue weighted by Crippen LogP contribution is -2.31. The van der Waals surface area contributed by atoms with Gasteiger partial charge in [0.15, 0.2) is 6.23 Å². The Morgan fingerprint density at radius 1 is 0.750 bits per heavy atom. The molecule has 6 heteroatoms. The number of fused-ring (bicyclic) bond motifs is 1. The summed E-state index contributed by atoms with van der Waals surface area (Å²) in [4.78, 5) is 0. The van der Waals surface area contributed by atoms with Gasteiger partial charge in [-0.25, -0.2) is 0 Å². The molecule has 2 aliphatic heterocycles. The van der Waals surface area contributed by atoms with E-state index in [4.69, 9.17) is 28.3 Å². The molecule has 2 atom stereocenters. The van der Waals surface area contributed by atoms with Gasteiger partial charge in [0.05, 0.1) is 11.8 Å². The molecule has 6 rings (SSSR count). The summed E-state index contributed by atoms with van der Waals surface area (Å²) in [6.45, 7) is 0. The lowest BCUT2D eigenvalue weighted by molar-refractivity contribution is 0.245. The molecule has 0 spiro atoms. The maximum absolute atomic E-state index is 11.2. The Labute approximate surface area is 219 Å². The summed E-state index contributed by atoms with van der Waals surface area (Å²) in [6, 6.07) is 32.1. The van der Waals surface area contributed by atoms with Crippen molar-refractivity contribution in [1.82, 2.24) is 5.43 Å².